The Hall–Kier alpha value is -1.88. The van der Waals surface area contributed by atoms with Gasteiger partial charge < -0.3 is 16.2 Å². The van der Waals surface area contributed by atoms with Gasteiger partial charge in [0.2, 0.25) is 5.95 Å². The molecule has 4 N–H and O–H groups in total. The number of hydrogen-bond donors (Lipinski definition) is 3. The van der Waals surface area contributed by atoms with Crippen LogP contribution in [-0.4, -0.2) is 32.7 Å². The Morgan fingerprint density at radius 1 is 1.39 bits per heavy atom. The Labute approximate surface area is 143 Å². The van der Waals surface area contributed by atoms with Crippen molar-refractivity contribution in [2.75, 3.05) is 17.7 Å². The van der Waals surface area contributed by atoms with E-state index in [0.717, 1.165) is 24.1 Å². The molecule has 1 aliphatic carbocycles. The van der Waals surface area contributed by atoms with E-state index in [0.29, 0.717) is 17.3 Å². The third kappa shape index (κ3) is 3.91. The van der Waals surface area contributed by atoms with Crippen LogP contribution in [0.3, 0.4) is 0 Å². The van der Waals surface area contributed by atoms with Crippen LogP contribution in [-0.2, 0) is 0 Å². The Morgan fingerprint density at radius 3 is 2.96 bits per heavy atom. The van der Waals surface area contributed by atoms with Gasteiger partial charge in [0.1, 0.15) is 11.4 Å². The van der Waals surface area contributed by atoms with E-state index in [4.69, 9.17) is 17.3 Å². The molecule has 0 aliphatic heterocycles. The first kappa shape index (κ1) is 16.0. The predicted octanol–water partition coefficient (Wildman–Crippen LogP) is 2.14. The van der Waals surface area contributed by atoms with Gasteiger partial charge in [0.15, 0.2) is 5.15 Å². The van der Waals surface area contributed by atoms with E-state index < -0.39 is 0 Å². The number of thiazole rings is 1. The molecule has 8 heteroatoms. The molecular formula is C15H16ClN5OS. The molecule has 0 bridgehead atoms. The molecule has 1 aliphatic rings. The maximum absolute atomic E-state index is 9.26. The molecule has 120 valence electrons. The fourth-order valence-corrected chi connectivity index (χ4v) is 3.32. The zero-order valence-electron chi connectivity index (χ0n) is 12.3. The fraction of sp³-hybridized carbons (Fsp3) is 0.400. The number of halogens is 1. The number of rotatable bonds is 3. The lowest BCUT2D eigenvalue weighted by atomic mass is 10.1. The van der Waals surface area contributed by atoms with Gasteiger partial charge in [0.05, 0.1) is 16.6 Å². The topological polar surface area (TPSA) is 97.0 Å². The van der Waals surface area contributed by atoms with Crippen molar-refractivity contribution in [2.45, 2.75) is 25.3 Å². The Morgan fingerprint density at radius 2 is 2.26 bits per heavy atom. The highest BCUT2D eigenvalue weighted by Crippen LogP contribution is 2.29. The highest BCUT2D eigenvalue weighted by molar-refractivity contribution is 7.10. The lowest BCUT2D eigenvalue weighted by Crippen LogP contribution is -2.19. The number of aromatic nitrogens is 3. The normalized spacial score (nSPS) is 20.1. The summed E-state index contributed by atoms with van der Waals surface area (Å²) in [7, 11) is 0. The minimum absolute atomic E-state index is 0.109. The quantitative estimate of drug-likeness (QED) is 0.580. The highest BCUT2D eigenvalue weighted by atomic mass is 35.5. The molecule has 1 saturated carbocycles. The number of aliphatic hydroxyl groups is 1. The molecule has 0 amide bonds. The van der Waals surface area contributed by atoms with E-state index >= 15 is 0 Å². The van der Waals surface area contributed by atoms with Crippen molar-refractivity contribution in [1.29, 1.82) is 0 Å². The van der Waals surface area contributed by atoms with Crippen LogP contribution in [0.5, 0.6) is 0 Å². The maximum atomic E-state index is 9.26. The smallest absolute Gasteiger partial charge is 0.223 e. The number of nitrogens with zero attached hydrogens (tertiary/aromatic N) is 3. The van der Waals surface area contributed by atoms with E-state index in [9.17, 15) is 5.11 Å². The summed E-state index contributed by atoms with van der Waals surface area (Å²) in [5.41, 5.74) is 7.95. The van der Waals surface area contributed by atoms with Crippen LogP contribution in [0.4, 0.5) is 11.8 Å². The summed E-state index contributed by atoms with van der Waals surface area (Å²) in [4.78, 5) is 13.0. The van der Waals surface area contributed by atoms with Crippen LogP contribution in [0, 0.1) is 17.8 Å². The molecule has 0 radical (unpaired) electrons. The van der Waals surface area contributed by atoms with Gasteiger partial charge in [-0.3, -0.25) is 4.98 Å². The molecule has 23 heavy (non-hydrogen) atoms. The number of anilines is 2. The summed E-state index contributed by atoms with van der Waals surface area (Å²) in [6.07, 6.45) is 4.54. The van der Waals surface area contributed by atoms with E-state index in [2.05, 4.69) is 32.1 Å². The zero-order chi connectivity index (χ0) is 16.2. The van der Waals surface area contributed by atoms with Gasteiger partial charge in [-0.15, -0.1) is 11.3 Å². The Balaban J connectivity index is 1.86. The summed E-state index contributed by atoms with van der Waals surface area (Å²) in [5, 5.41) is 12.8. The van der Waals surface area contributed by atoms with Crippen molar-refractivity contribution in [1.82, 2.24) is 15.0 Å². The minimum atomic E-state index is 0.109. The number of aliphatic hydroxyl groups excluding tert-OH is 1. The van der Waals surface area contributed by atoms with Crippen LogP contribution in [0.25, 0.3) is 0 Å². The lowest BCUT2D eigenvalue weighted by molar-refractivity contribution is 0.229. The van der Waals surface area contributed by atoms with Crippen molar-refractivity contribution >= 4 is 34.7 Å². The van der Waals surface area contributed by atoms with E-state index in [1.165, 1.54) is 11.3 Å². The molecular weight excluding hydrogens is 334 g/mol. The Bertz CT molecular complexity index is 740. The van der Waals surface area contributed by atoms with Crippen molar-refractivity contribution in [3.05, 3.63) is 27.3 Å². The molecule has 1 fully saturated rings. The van der Waals surface area contributed by atoms with Crippen molar-refractivity contribution < 1.29 is 5.11 Å². The van der Waals surface area contributed by atoms with Crippen molar-refractivity contribution in [2.24, 2.45) is 5.92 Å². The second kappa shape index (κ2) is 7.13. The SMILES string of the molecule is Nc1nc(Cl)c(C#Cc2cncs2)c(N[C@H]2CC[C@@H](CO)C2)n1. The summed E-state index contributed by atoms with van der Waals surface area (Å²) in [5.74, 6) is 6.99. The minimum Gasteiger partial charge on any atom is -0.396 e. The molecule has 6 nitrogen and oxygen atoms in total. The second-order valence-electron chi connectivity index (χ2n) is 5.41. The summed E-state index contributed by atoms with van der Waals surface area (Å²) >= 11 is 7.64. The summed E-state index contributed by atoms with van der Waals surface area (Å²) in [6, 6.07) is 0.224. The third-order valence-electron chi connectivity index (χ3n) is 3.77. The summed E-state index contributed by atoms with van der Waals surface area (Å²) < 4.78 is 0. The number of hydrogen-bond acceptors (Lipinski definition) is 7. The largest absolute Gasteiger partial charge is 0.396 e. The standard InChI is InChI=1S/C15H16ClN5OS/c16-13-12(4-3-11-6-18-8-23-11)14(21-15(17)20-13)19-10-2-1-9(5-10)7-22/h6,8-10,22H,1-2,5,7H2,(H3,17,19,20,21)/t9-,10+/m1/s1. The molecule has 0 aromatic carbocycles. The van der Waals surface area contributed by atoms with Crippen molar-refractivity contribution in [3.63, 3.8) is 0 Å². The molecule has 2 aromatic rings. The van der Waals surface area contributed by atoms with Crippen LogP contribution in [0.2, 0.25) is 5.15 Å². The van der Waals surface area contributed by atoms with Gasteiger partial charge in [-0.25, -0.2) is 0 Å². The molecule has 0 saturated heterocycles. The van der Waals surface area contributed by atoms with Gasteiger partial charge >= 0.3 is 0 Å². The lowest BCUT2D eigenvalue weighted by Gasteiger charge is -2.15. The molecule has 0 unspecified atom stereocenters. The average molecular weight is 350 g/mol. The van der Waals surface area contributed by atoms with Gasteiger partial charge in [-0.1, -0.05) is 17.5 Å². The first-order valence-corrected chi connectivity index (χ1v) is 8.52. The van der Waals surface area contributed by atoms with Gasteiger partial charge in [0, 0.05) is 12.6 Å². The number of nitrogen functional groups attached to an aromatic ring is 1. The van der Waals surface area contributed by atoms with Gasteiger partial charge in [-0.2, -0.15) is 9.97 Å². The first-order chi connectivity index (χ1) is 11.2. The fourth-order valence-electron chi connectivity index (χ4n) is 2.63. The van der Waals surface area contributed by atoms with Crippen LogP contribution < -0.4 is 11.1 Å². The van der Waals surface area contributed by atoms with Crippen LogP contribution >= 0.6 is 22.9 Å². The monoisotopic (exact) mass is 349 g/mol. The molecule has 2 aromatic heterocycles. The van der Waals surface area contributed by atoms with Gasteiger partial charge in [-0.05, 0) is 31.1 Å². The molecule has 0 spiro atoms. The molecule has 3 rings (SSSR count). The first-order valence-electron chi connectivity index (χ1n) is 7.26. The summed E-state index contributed by atoms with van der Waals surface area (Å²) in [6.45, 7) is 0.211. The van der Waals surface area contributed by atoms with Crippen LogP contribution in [0.15, 0.2) is 11.7 Å². The Kier molecular flexibility index (Phi) is 4.96. The van der Waals surface area contributed by atoms with E-state index in [-0.39, 0.29) is 23.8 Å². The molecule has 2 heterocycles. The zero-order valence-corrected chi connectivity index (χ0v) is 13.9. The number of nitrogens with one attached hydrogen (secondary N) is 1. The average Bonchev–Trinajstić information content (AvgIpc) is 3.17. The van der Waals surface area contributed by atoms with Crippen molar-refractivity contribution in [3.8, 4) is 11.8 Å². The van der Waals surface area contributed by atoms with Crippen LogP contribution in [0.1, 0.15) is 29.7 Å². The highest BCUT2D eigenvalue weighted by Gasteiger charge is 2.25. The molecule has 2 atom stereocenters. The number of nitrogens with two attached hydrogens (primary N) is 1. The second-order valence-corrected chi connectivity index (χ2v) is 6.66. The van der Waals surface area contributed by atoms with E-state index in [1.54, 1.807) is 11.7 Å². The van der Waals surface area contributed by atoms with E-state index in [1.807, 2.05) is 0 Å². The third-order valence-corrected chi connectivity index (χ3v) is 4.73. The maximum Gasteiger partial charge on any atom is 0.223 e. The predicted molar refractivity (Wildman–Crippen MR) is 91.4 cm³/mol. The van der Waals surface area contributed by atoms with Gasteiger partial charge in [0.25, 0.3) is 0 Å².